The molecule has 0 saturated carbocycles. The van der Waals surface area contributed by atoms with E-state index in [1.165, 1.54) is 6.33 Å². The molecule has 3 aromatic rings. The van der Waals surface area contributed by atoms with Gasteiger partial charge in [-0.2, -0.15) is 9.97 Å². The van der Waals surface area contributed by atoms with Crippen molar-refractivity contribution in [1.29, 1.82) is 0 Å². The van der Waals surface area contributed by atoms with Crippen LogP contribution in [0.4, 0.5) is 17.5 Å². The van der Waals surface area contributed by atoms with E-state index in [1.54, 1.807) is 18.2 Å². The molecular weight excluding hydrogens is 287 g/mol. The molecule has 0 aliphatic rings. The molecule has 0 saturated heterocycles. The van der Waals surface area contributed by atoms with Gasteiger partial charge in [-0.15, -0.1) is 0 Å². The molecule has 2 aromatic heterocycles. The third kappa shape index (κ3) is 2.27. The lowest BCUT2D eigenvalue weighted by Crippen LogP contribution is -2.01. The molecule has 0 fully saturated rings. The second-order valence-electron chi connectivity index (χ2n) is 3.79. The predicted molar refractivity (Wildman–Crippen MR) is 75.8 cm³/mol. The Labute approximate surface area is 118 Å². The van der Waals surface area contributed by atoms with Crippen molar-refractivity contribution in [2.75, 3.05) is 11.1 Å². The summed E-state index contributed by atoms with van der Waals surface area (Å²) < 4.78 is 0. The van der Waals surface area contributed by atoms with Crippen LogP contribution in [0.2, 0.25) is 10.0 Å². The second-order valence-corrected chi connectivity index (χ2v) is 4.60. The second kappa shape index (κ2) is 4.56. The van der Waals surface area contributed by atoms with Crippen molar-refractivity contribution in [3.8, 4) is 0 Å². The fraction of sp³-hybridized carbons (Fsp3) is 0. The molecule has 0 spiro atoms. The maximum absolute atomic E-state index is 5.96. The lowest BCUT2D eigenvalue weighted by Gasteiger charge is -2.07. The number of nitrogens with zero attached hydrogens (tertiary/aromatic N) is 3. The molecule has 96 valence electrons. The van der Waals surface area contributed by atoms with Crippen LogP contribution in [0.1, 0.15) is 0 Å². The zero-order valence-corrected chi connectivity index (χ0v) is 11.0. The lowest BCUT2D eigenvalue weighted by atomic mass is 10.3. The molecule has 2 heterocycles. The van der Waals surface area contributed by atoms with Crippen molar-refractivity contribution in [3.05, 3.63) is 34.6 Å². The predicted octanol–water partition coefficient (Wildman–Crippen LogP) is 2.99. The van der Waals surface area contributed by atoms with Gasteiger partial charge in [-0.25, -0.2) is 4.98 Å². The summed E-state index contributed by atoms with van der Waals surface area (Å²) in [6, 6.07) is 5.18. The Kier molecular flexibility index (Phi) is 2.88. The number of benzene rings is 1. The normalized spacial score (nSPS) is 10.8. The van der Waals surface area contributed by atoms with Crippen LogP contribution in [0.15, 0.2) is 24.5 Å². The van der Waals surface area contributed by atoms with E-state index in [0.717, 1.165) is 5.69 Å². The number of nitrogens with two attached hydrogens (primary N) is 1. The molecular formula is C11H8Cl2N6. The molecule has 0 unspecified atom stereocenters. The summed E-state index contributed by atoms with van der Waals surface area (Å²) in [6.45, 7) is 0. The van der Waals surface area contributed by atoms with E-state index in [-0.39, 0.29) is 5.95 Å². The van der Waals surface area contributed by atoms with E-state index in [2.05, 4.69) is 25.3 Å². The van der Waals surface area contributed by atoms with Gasteiger partial charge in [0, 0.05) is 5.69 Å². The zero-order valence-electron chi connectivity index (χ0n) is 9.48. The highest BCUT2D eigenvalue weighted by molar-refractivity contribution is 6.42. The Morgan fingerprint density at radius 2 is 2.00 bits per heavy atom. The van der Waals surface area contributed by atoms with E-state index < -0.39 is 0 Å². The lowest BCUT2D eigenvalue weighted by molar-refractivity contribution is 1.21. The SMILES string of the molecule is Nc1nc(Nc2ccc(Cl)c(Cl)c2)c2[nH]cnc2n1. The standard InChI is InChI=1S/C11H8Cl2N6/c12-6-2-1-5(3-7(6)13)17-10-8-9(16-4-15-8)18-11(14)19-10/h1-4H,(H4,14,15,16,17,18,19). The van der Waals surface area contributed by atoms with E-state index in [1.807, 2.05) is 0 Å². The summed E-state index contributed by atoms with van der Waals surface area (Å²) in [5, 5.41) is 4.04. The highest BCUT2D eigenvalue weighted by Gasteiger charge is 2.09. The van der Waals surface area contributed by atoms with Gasteiger partial charge in [0.2, 0.25) is 5.95 Å². The summed E-state index contributed by atoms with van der Waals surface area (Å²) in [7, 11) is 0. The quantitative estimate of drug-likeness (QED) is 0.676. The van der Waals surface area contributed by atoms with E-state index in [4.69, 9.17) is 28.9 Å². The van der Waals surface area contributed by atoms with Gasteiger partial charge in [0.05, 0.1) is 16.4 Å². The van der Waals surface area contributed by atoms with Crippen LogP contribution >= 0.6 is 23.2 Å². The van der Waals surface area contributed by atoms with Crippen LogP contribution in [-0.2, 0) is 0 Å². The number of H-pyrrole nitrogens is 1. The molecule has 4 N–H and O–H groups in total. The number of hydrogen-bond donors (Lipinski definition) is 3. The molecule has 8 heteroatoms. The van der Waals surface area contributed by atoms with Crippen molar-refractivity contribution in [2.45, 2.75) is 0 Å². The van der Waals surface area contributed by atoms with Crippen LogP contribution in [0.25, 0.3) is 11.2 Å². The zero-order chi connectivity index (χ0) is 13.4. The monoisotopic (exact) mass is 294 g/mol. The van der Waals surface area contributed by atoms with Gasteiger partial charge in [-0.1, -0.05) is 23.2 Å². The third-order valence-electron chi connectivity index (χ3n) is 2.49. The smallest absolute Gasteiger partial charge is 0.224 e. The number of nitrogens with one attached hydrogen (secondary N) is 2. The minimum Gasteiger partial charge on any atom is -0.368 e. The van der Waals surface area contributed by atoms with Gasteiger partial charge in [-0.3, -0.25) is 0 Å². The third-order valence-corrected chi connectivity index (χ3v) is 3.22. The largest absolute Gasteiger partial charge is 0.368 e. The van der Waals surface area contributed by atoms with Crippen molar-refractivity contribution in [3.63, 3.8) is 0 Å². The molecule has 19 heavy (non-hydrogen) atoms. The van der Waals surface area contributed by atoms with Crippen molar-refractivity contribution in [2.24, 2.45) is 0 Å². The summed E-state index contributed by atoms with van der Waals surface area (Å²) >= 11 is 11.8. The minimum absolute atomic E-state index is 0.141. The molecule has 0 atom stereocenters. The topological polar surface area (TPSA) is 92.5 Å². The van der Waals surface area contributed by atoms with Gasteiger partial charge < -0.3 is 16.0 Å². The summed E-state index contributed by atoms with van der Waals surface area (Å²) in [6.07, 6.45) is 1.53. The summed E-state index contributed by atoms with van der Waals surface area (Å²) in [5.74, 6) is 0.667. The molecule has 0 amide bonds. The number of aromatic nitrogens is 4. The fourth-order valence-electron chi connectivity index (χ4n) is 1.65. The minimum atomic E-state index is 0.141. The van der Waals surface area contributed by atoms with Crippen LogP contribution in [-0.4, -0.2) is 19.9 Å². The maximum Gasteiger partial charge on any atom is 0.224 e. The van der Waals surface area contributed by atoms with Crippen LogP contribution in [0.5, 0.6) is 0 Å². The number of halogens is 2. The molecule has 0 aliphatic carbocycles. The number of fused-ring (bicyclic) bond motifs is 1. The van der Waals surface area contributed by atoms with Gasteiger partial charge in [0.1, 0.15) is 5.52 Å². The van der Waals surface area contributed by atoms with Gasteiger partial charge in [0.15, 0.2) is 11.5 Å². The average molecular weight is 295 g/mol. The van der Waals surface area contributed by atoms with Gasteiger partial charge in [-0.05, 0) is 18.2 Å². The molecule has 0 bridgehead atoms. The average Bonchev–Trinajstić information content (AvgIpc) is 2.82. The first-order chi connectivity index (χ1) is 9.13. The molecule has 3 rings (SSSR count). The maximum atomic E-state index is 5.96. The molecule has 6 nitrogen and oxygen atoms in total. The van der Waals surface area contributed by atoms with Crippen molar-refractivity contribution >= 4 is 51.8 Å². The molecule has 0 aliphatic heterocycles. The van der Waals surface area contributed by atoms with Gasteiger partial charge >= 0.3 is 0 Å². The Morgan fingerprint density at radius 3 is 2.79 bits per heavy atom. The molecule has 1 aromatic carbocycles. The first-order valence-electron chi connectivity index (χ1n) is 5.32. The number of aromatic amines is 1. The van der Waals surface area contributed by atoms with Gasteiger partial charge in [0.25, 0.3) is 0 Å². The first-order valence-corrected chi connectivity index (χ1v) is 6.08. The number of hydrogen-bond acceptors (Lipinski definition) is 5. The van der Waals surface area contributed by atoms with Crippen LogP contribution in [0, 0.1) is 0 Å². The number of anilines is 3. The first kappa shape index (κ1) is 12.0. The fourth-order valence-corrected chi connectivity index (χ4v) is 1.95. The number of nitrogen functional groups attached to an aromatic ring is 1. The highest BCUT2D eigenvalue weighted by Crippen LogP contribution is 2.28. The Morgan fingerprint density at radius 1 is 1.16 bits per heavy atom. The van der Waals surface area contributed by atoms with Crippen molar-refractivity contribution < 1.29 is 0 Å². The Hall–Kier alpha value is -2.05. The molecule has 0 radical (unpaired) electrons. The van der Waals surface area contributed by atoms with Crippen LogP contribution < -0.4 is 11.1 Å². The number of imidazole rings is 1. The Balaban J connectivity index is 2.04. The van der Waals surface area contributed by atoms with E-state index in [0.29, 0.717) is 27.0 Å². The van der Waals surface area contributed by atoms with E-state index in [9.17, 15) is 0 Å². The van der Waals surface area contributed by atoms with Crippen LogP contribution in [0.3, 0.4) is 0 Å². The Bertz CT molecular complexity index is 754. The van der Waals surface area contributed by atoms with Crippen molar-refractivity contribution in [1.82, 2.24) is 19.9 Å². The number of rotatable bonds is 2. The highest BCUT2D eigenvalue weighted by atomic mass is 35.5. The summed E-state index contributed by atoms with van der Waals surface area (Å²) in [4.78, 5) is 15.1. The van der Waals surface area contributed by atoms with E-state index >= 15 is 0 Å². The summed E-state index contributed by atoms with van der Waals surface area (Å²) in [5.41, 5.74) is 7.53.